The Labute approximate surface area is 229 Å². The van der Waals surface area contributed by atoms with Gasteiger partial charge in [-0.25, -0.2) is 9.97 Å². The summed E-state index contributed by atoms with van der Waals surface area (Å²) in [5.41, 5.74) is 2.11. The largest absolute Gasteiger partial charge is 0.390 e. The van der Waals surface area contributed by atoms with Crippen LogP contribution >= 0.6 is 15.9 Å². The summed E-state index contributed by atoms with van der Waals surface area (Å²) in [6, 6.07) is 9.11. The number of aliphatic hydroxyl groups excluding tert-OH is 1. The van der Waals surface area contributed by atoms with Gasteiger partial charge in [0.2, 0.25) is 5.78 Å². The van der Waals surface area contributed by atoms with Crippen molar-refractivity contribution in [1.29, 1.82) is 0 Å². The van der Waals surface area contributed by atoms with Gasteiger partial charge in [-0.1, -0.05) is 28.1 Å². The van der Waals surface area contributed by atoms with Gasteiger partial charge >= 0.3 is 10.3 Å². The number of hydrogen-bond donors (Lipinski definition) is 3. The zero-order valence-electron chi connectivity index (χ0n) is 21.0. The first-order valence-electron chi connectivity index (χ1n) is 11.9. The monoisotopic (exact) mass is 608 g/mol. The highest BCUT2D eigenvalue weighted by Gasteiger charge is 2.37. The molecular weight excluding hydrogens is 580 g/mol. The third-order valence-corrected chi connectivity index (χ3v) is 7.80. The van der Waals surface area contributed by atoms with Gasteiger partial charge < -0.3 is 15.2 Å². The van der Waals surface area contributed by atoms with Crippen molar-refractivity contribution in [2.45, 2.75) is 50.7 Å². The number of aliphatic hydroxyl groups is 1. The number of methoxy groups -OCH3 is 1. The summed E-state index contributed by atoms with van der Waals surface area (Å²) in [4.78, 5) is 21.8. The van der Waals surface area contributed by atoms with Crippen LogP contribution < -0.4 is 10.0 Å². The zero-order valence-corrected chi connectivity index (χ0v) is 23.4. The fraction of sp³-hybridized carbons (Fsp3) is 0.417. The van der Waals surface area contributed by atoms with E-state index in [4.69, 9.17) is 8.92 Å². The number of nitrogens with one attached hydrogen (secondary N) is 2. The van der Waals surface area contributed by atoms with Crippen LogP contribution in [0.2, 0.25) is 0 Å². The van der Waals surface area contributed by atoms with Crippen molar-refractivity contribution in [2.24, 2.45) is 0 Å². The average Bonchev–Trinajstić information content (AvgIpc) is 3.46. The van der Waals surface area contributed by atoms with E-state index in [0.29, 0.717) is 6.54 Å². The fourth-order valence-electron chi connectivity index (χ4n) is 4.28. The molecule has 3 N–H and O–H groups in total. The molecule has 0 radical (unpaired) electrons. The molecule has 12 nitrogen and oxygen atoms in total. The standard InChI is InChI=1S/C24H29BrN6O6S/c1-14(36-3)20-10-19(30-31(20)12-15-5-4-6-16(25)7-15)23(33)18-11-27-13-28-24(18)29-17-8-21(32)22(9-17)37-38(34,35)26-2/h4-7,10-11,13-14,17,21-22,26,32H,8-9,12H2,1-3H3,(H,27,28,29)/t14-,17+,21-,22+/m0/s1. The smallest absolute Gasteiger partial charge is 0.335 e. The Hall–Kier alpha value is -2.75. The second-order valence-corrected chi connectivity index (χ2v) is 11.3. The van der Waals surface area contributed by atoms with Gasteiger partial charge in [-0.15, -0.1) is 0 Å². The maximum atomic E-state index is 13.6. The molecule has 0 saturated heterocycles. The maximum absolute atomic E-state index is 13.6. The SMILES string of the molecule is CNS(=O)(=O)O[C@@H]1C[C@H](Nc2ncncc2C(=O)c2cc([C@H](C)OC)n(Cc3cccc(Br)c3)n2)C[C@@H]1O. The number of anilines is 1. The van der Waals surface area contributed by atoms with Gasteiger partial charge in [0.1, 0.15) is 23.9 Å². The third-order valence-electron chi connectivity index (χ3n) is 6.31. The Morgan fingerprint density at radius 2 is 2.11 bits per heavy atom. The summed E-state index contributed by atoms with van der Waals surface area (Å²) in [7, 11) is -1.15. The molecule has 1 aliphatic rings. The summed E-state index contributed by atoms with van der Waals surface area (Å²) in [5, 5.41) is 18.0. The van der Waals surface area contributed by atoms with Gasteiger partial charge in [0.25, 0.3) is 0 Å². The van der Waals surface area contributed by atoms with E-state index in [0.717, 1.165) is 15.7 Å². The summed E-state index contributed by atoms with van der Waals surface area (Å²) < 4.78 is 38.8. The lowest BCUT2D eigenvalue weighted by Gasteiger charge is -2.15. The summed E-state index contributed by atoms with van der Waals surface area (Å²) in [6.07, 6.45) is 0.839. The Morgan fingerprint density at radius 1 is 1.32 bits per heavy atom. The average molecular weight is 610 g/mol. The van der Waals surface area contributed by atoms with Gasteiger partial charge in [0.05, 0.1) is 30.0 Å². The molecule has 204 valence electrons. The molecule has 1 fully saturated rings. The van der Waals surface area contributed by atoms with Crippen LogP contribution in [0, 0.1) is 0 Å². The van der Waals surface area contributed by atoms with E-state index in [2.05, 4.69) is 41.0 Å². The number of hydrogen-bond acceptors (Lipinski definition) is 10. The van der Waals surface area contributed by atoms with Crippen LogP contribution in [0.15, 0.2) is 47.3 Å². The van der Waals surface area contributed by atoms with Crippen LogP contribution in [0.1, 0.15) is 53.2 Å². The lowest BCUT2D eigenvalue weighted by molar-refractivity contribution is 0.0636. The van der Waals surface area contributed by atoms with Crippen molar-refractivity contribution in [1.82, 2.24) is 24.5 Å². The van der Waals surface area contributed by atoms with Gasteiger partial charge in [-0.2, -0.15) is 18.2 Å². The number of halogens is 1. The van der Waals surface area contributed by atoms with Crippen molar-refractivity contribution in [2.75, 3.05) is 19.5 Å². The molecule has 4 rings (SSSR count). The van der Waals surface area contributed by atoms with Crippen LogP contribution in [-0.4, -0.2) is 71.5 Å². The van der Waals surface area contributed by atoms with Crippen molar-refractivity contribution < 1.29 is 27.2 Å². The van der Waals surface area contributed by atoms with Gasteiger partial charge in [0.15, 0.2) is 0 Å². The Morgan fingerprint density at radius 3 is 2.82 bits per heavy atom. The minimum atomic E-state index is -3.97. The molecule has 1 saturated carbocycles. The number of nitrogens with zero attached hydrogens (tertiary/aromatic N) is 4. The normalized spacial score (nSPS) is 20.4. The highest BCUT2D eigenvalue weighted by atomic mass is 79.9. The second-order valence-electron chi connectivity index (χ2n) is 8.91. The molecule has 3 aromatic rings. The highest BCUT2D eigenvalue weighted by molar-refractivity contribution is 9.10. The van der Waals surface area contributed by atoms with Crippen LogP contribution in [0.25, 0.3) is 0 Å². The summed E-state index contributed by atoms with van der Waals surface area (Å²) in [6.45, 7) is 2.31. The minimum absolute atomic E-state index is 0.191. The van der Waals surface area contributed by atoms with Crippen molar-refractivity contribution in [3.8, 4) is 0 Å². The van der Waals surface area contributed by atoms with E-state index >= 15 is 0 Å². The van der Waals surface area contributed by atoms with E-state index in [-0.39, 0.29) is 42.1 Å². The number of rotatable bonds is 11. The first-order chi connectivity index (χ1) is 18.1. The van der Waals surface area contributed by atoms with Gasteiger partial charge in [-0.05, 0) is 43.5 Å². The first kappa shape index (κ1) is 28.3. The van der Waals surface area contributed by atoms with Crippen LogP contribution in [0.4, 0.5) is 5.82 Å². The number of carbonyl (C=O) groups is 1. The van der Waals surface area contributed by atoms with E-state index in [1.165, 1.54) is 19.6 Å². The molecule has 1 aromatic carbocycles. The number of aromatic nitrogens is 4. The quantitative estimate of drug-likeness (QED) is 0.275. The predicted molar refractivity (Wildman–Crippen MR) is 142 cm³/mol. The molecular formula is C24H29BrN6O6S. The molecule has 1 aliphatic carbocycles. The molecule has 4 atom stereocenters. The summed E-state index contributed by atoms with van der Waals surface area (Å²) >= 11 is 3.48. The predicted octanol–water partition coefficient (Wildman–Crippen LogP) is 2.21. The number of benzene rings is 1. The van der Waals surface area contributed by atoms with Crippen molar-refractivity contribution in [3.05, 3.63) is 69.8 Å². The van der Waals surface area contributed by atoms with Crippen molar-refractivity contribution in [3.63, 3.8) is 0 Å². The Bertz CT molecular complexity index is 1400. The molecule has 14 heteroatoms. The second kappa shape index (κ2) is 12.0. The topological polar surface area (TPSA) is 158 Å². The molecule has 0 aliphatic heterocycles. The van der Waals surface area contributed by atoms with Gasteiger partial charge in [-0.3, -0.25) is 13.7 Å². The van der Waals surface area contributed by atoms with E-state index < -0.39 is 28.3 Å². The molecule has 2 aromatic heterocycles. The molecule has 0 unspecified atom stereocenters. The van der Waals surface area contributed by atoms with Gasteiger partial charge in [0, 0.05) is 30.9 Å². The molecule has 0 amide bonds. The molecule has 38 heavy (non-hydrogen) atoms. The lowest BCUT2D eigenvalue weighted by Crippen LogP contribution is -2.31. The number of carbonyl (C=O) groups excluding carboxylic acids is 1. The molecule has 0 spiro atoms. The third kappa shape index (κ3) is 6.62. The number of ether oxygens (including phenoxy) is 1. The Balaban J connectivity index is 1.57. The van der Waals surface area contributed by atoms with E-state index in [1.54, 1.807) is 17.9 Å². The first-order valence-corrected chi connectivity index (χ1v) is 14.1. The highest BCUT2D eigenvalue weighted by Crippen LogP contribution is 2.28. The summed E-state index contributed by atoms with van der Waals surface area (Å²) in [5.74, 6) is -0.142. The molecule has 0 bridgehead atoms. The molecule has 2 heterocycles. The van der Waals surface area contributed by atoms with Crippen LogP contribution in [0.5, 0.6) is 0 Å². The van der Waals surface area contributed by atoms with Crippen LogP contribution in [0.3, 0.4) is 0 Å². The van der Waals surface area contributed by atoms with Crippen LogP contribution in [-0.2, 0) is 25.8 Å². The fourth-order valence-corrected chi connectivity index (χ4v) is 5.35. The zero-order chi connectivity index (χ0) is 27.4. The lowest BCUT2D eigenvalue weighted by atomic mass is 10.1. The van der Waals surface area contributed by atoms with E-state index in [9.17, 15) is 18.3 Å². The number of ketones is 1. The minimum Gasteiger partial charge on any atom is -0.390 e. The Kier molecular flexibility index (Phi) is 8.90. The van der Waals surface area contributed by atoms with E-state index in [1.807, 2.05) is 31.2 Å². The van der Waals surface area contributed by atoms with Crippen molar-refractivity contribution >= 4 is 37.8 Å². The maximum Gasteiger partial charge on any atom is 0.335 e.